The van der Waals surface area contributed by atoms with Crippen LogP contribution in [0.5, 0.6) is 5.75 Å². The van der Waals surface area contributed by atoms with Gasteiger partial charge in [-0.15, -0.1) is 0 Å². The monoisotopic (exact) mass is 540 g/mol. The third kappa shape index (κ3) is 5.40. The Bertz CT molecular complexity index is 1410. The second-order valence-corrected chi connectivity index (χ2v) is 10.4. The molecule has 5 rings (SSSR count). The molecule has 0 aliphatic carbocycles. The number of ketones is 1. The Morgan fingerprint density at radius 2 is 1.60 bits per heavy atom. The van der Waals surface area contributed by atoms with Crippen molar-refractivity contribution in [3.63, 3.8) is 0 Å². The second kappa shape index (κ2) is 11.2. The number of phenolic OH excluding ortho intramolecular Hbond substituents is 1. The van der Waals surface area contributed by atoms with E-state index in [4.69, 9.17) is 0 Å². The predicted octanol–water partition coefficient (Wildman–Crippen LogP) is 2.49. The molecule has 206 valence electrons. The number of phenols is 1. The van der Waals surface area contributed by atoms with Crippen LogP contribution < -0.4 is 10.2 Å². The number of nitrogens with zero attached hydrogens (tertiary/aromatic N) is 3. The van der Waals surface area contributed by atoms with Gasteiger partial charge in [-0.1, -0.05) is 30.3 Å². The summed E-state index contributed by atoms with van der Waals surface area (Å²) in [6.45, 7) is 0.248. The van der Waals surface area contributed by atoms with Crippen LogP contribution in [0.4, 0.5) is 5.69 Å². The van der Waals surface area contributed by atoms with Crippen LogP contribution in [0.1, 0.15) is 32.7 Å². The minimum atomic E-state index is -0.948. The number of carbonyl (C=O) groups excluding carboxylic acids is 4. The van der Waals surface area contributed by atoms with E-state index in [2.05, 4.69) is 5.32 Å². The number of carbonyl (C=O) groups is 4. The first-order valence-electron chi connectivity index (χ1n) is 13.3. The van der Waals surface area contributed by atoms with Crippen LogP contribution in [-0.4, -0.2) is 83.7 Å². The molecule has 3 atom stereocenters. The van der Waals surface area contributed by atoms with Crippen molar-refractivity contribution in [3.05, 3.63) is 95.6 Å². The van der Waals surface area contributed by atoms with Crippen molar-refractivity contribution in [2.24, 2.45) is 0 Å². The maximum absolute atomic E-state index is 14.0. The average Bonchev–Trinajstić information content (AvgIpc) is 3.54. The van der Waals surface area contributed by atoms with Crippen molar-refractivity contribution < 1.29 is 24.3 Å². The number of benzene rings is 3. The zero-order valence-electron chi connectivity index (χ0n) is 22.5. The molecule has 2 fully saturated rings. The van der Waals surface area contributed by atoms with Crippen LogP contribution in [-0.2, 0) is 16.0 Å². The predicted molar refractivity (Wildman–Crippen MR) is 150 cm³/mol. The zero-order valence-corrected chi connectivity index (χ0v) is 22.5. The number of rotatable bonds is 7. The Hall–Kier alpha value is -4.66. The summed E-state index contributed by atoms with van der Waals surface area (Å²) < 4.78 is 0. The number of fused-ring (bicyclic) bond motifs is 1. The van der Waals surface area contributed by atoms with Gasteiger partial charge >= 0.3 is 0 Å². The van der Waals surface area contributed by atoms with E-state index in [0.29, 0.717) is 24.1 Å². The number of amides is 3. The van der Waals surface area contributed by atoms with Gasteiger partial charge in [0.1, 0.15) is 17.8 Å². The lowest BCUT2D eigenvalue weighted by molar-refractivity contribution is -0.138. The summed E-state index contributed by atoms with van der Waals surface area (Å²) in [5.74, 6) is -1.10. The van der Waals surface area contributed by atoms with Crippen molar-refractivity contribution in [2.75, 3.05) is 32.1 Å². The van der Waals surface area contributed by atoms with Gasteiger partial charge < -0.3 is 25.1 Å². The first kappa shape index (κ1) is 26.9. The van der Waals surface area contributed by atoms with Crippen LogP contribution in [0.3, 0.4) is 0 Å². The largest absolute Gasteiger partial charge is 0.508 e. The minimum absolute atomic E-state index is 0.0555. The van der Waals surface area contributed by atoms with E-state index < -0.39 is 24.0 Å². The number of nitrogens with one attached hydrogen (secondary N) is 1. The minimum Gasteiger partial charge on any atom is -0.508 e. The molecular weight excluding hydrogens is 508 g/mol. The van der Waals surface area contributed by atoms with Crippen LogP contribution in [0, 0.1) is 0 Å². The fraction of sp³-hybridized carbons (Fsp3) is 0.290. The Morgan fingerprint density at radius 3 is 2.25 bits per heavy atom. The number of anilines is 1. The van der Waals surface area contributed by atoms with E-state index in [1.165, 1.54) is 17.0 Å². The fourth-order valence-electron chi connectivity index (χ4n) is 5.51. The normalized spacial score (nSPS) is 18.8. The molecular formula is C31H32N4O5. The standard InChI is InChI=1S/C31H32N4O5/c1-33(2)23-12-10-21(11-13-23)29(38)32-25(18-20-8-14-24(36)15-9-20)31(40)34-17-16-26-28(34)27(37)19-35(26)30(39)22-6-4-3-5-7-22/h3-15,25-26,28,36H,16-19H2,1-2H3,(H,32,38)/t25?,26-,28+/m1/s1. The molecule has 2 heterocycles. The molecule has 2 aliphatic heterocycles. The molecule has 2 aliphatic rings. The summed E-state index contributed by atoms with van der Waals surface area (Å²) in [6.07, 6.45) is 0.655. The molecule has 0 aromatic heterocycles. The Kier molecular flexibility index (Phi) is 7.55. The molecule has 2 N–H and O–H groups in total. The molecule has 9 heteroatoms. The molecule has 3 aromatic rings. The van der Waals surface area contributed by atoms with Gasteiger partial charge in [0, 0.05) is 43.9 Å². The van der Waals surface area contributed by atoms with Crippen LogP contribution in [0.25, 0.3) is 0 Å². The van der Waals surface area contributed by atoms with Crippen molar-refractivity contribution in [1.29, 1.82) is 0 Å². The van der Waals surface area contributed by atoms with Gasteiger partial charge in [0.2, 0.25) is 5.91 Å². The van der Waals surface area contributed by atoms with Gasteiger partial charge in [0.15, 0.2) is 5.78 Å². The van der Waals surface area contributed by atoms with E-state index in [1.54, 1.807) is 53.4 Å². The van der Waals surface area contributed by atoms with Gasteiger partial charge in [-0.05, 0) is 60.5 Å². The zero-order chi connectivity index (χ0) is 28.4. The topological polar surface area (TPSA) is 110 Å². The first-order chi connectivity index (χ1) is 19.2. The molecule has 2 saturated heterocycles. The molecule has 0 spiro atoms. The highest BCUT2D eigenvalue weighted by Gasteiger charge is 2.52. The van der Waals surface area contributed by atoms with Gasteiger partial charge in [-0.25, -0.2) is 0 Å². The summed E-state index contributed by atoms with van der Waals surface area (Å²) in [7, 11) is 3.81. The van der Waals surface area contributed by atoms with Gasteiger partial charge in [-0.3, -0.25) is 19.2 Å². The lowest BCUT2D eigenvalue weighted by Gasteiger charge is -2.28. The molecule has 0 radical (unpaired) electrons. The van der Waals surface area contributed by atoms with Crippen LogP contribution >= 0.6 is 0 Å². The highest BCUT2D eigenvalue weighted by molar-refractivity contribution is 6.03. The molecule has 9 nitrogen and oxygen atoms in total. The van der Waals surface area contributed by atoms with E-state index in [-0.39, 0.29) is 36.3 Å². The summed E-state index contributed by atoms with van der Waals surface area (Å²) >= 11 is 0. The smallest absolute Gasteiger partial charge is 0.254 e. The highest BCUT2D eigenvalue weighted by atomic mass is 16.3. The third-order valence-electron chi connectivity index (χ3n) is 7.61. The van der Waals surface area contributed by atoms with E-state index in [0.717, 1.165) is 11.3 Å². The molecule has 3 amide bonds. The fourth-order valence-corrected chi connectivity index (χ4v) is 5.51. The van der Waals surface area contributed by atoms with E-state index in [1.807, 2.05) is 37.2 Å². The highest BCUT2D eigenvalue weighted by Crippen LogP contribution is 2.31. The summed E-state index contributed by atoms with van der Waals surface area (Å²) in [4.78, 5) is 58.5. The number of aromatic hydroxyl groups is 1. The number of hydrogen-bond donors (Lipinski definition) is 2. The van der Waals surface area contributed by atoms with Crippen molar-refractivity contribution in [3.8, 4) is 5.75 Å². The van der Waals surface area contributed by atoms with Crippen molar-refractivity contribution in [1.82, 2.24) is 15.1 Å². The molecule has 0 bridgehead atoms. The lowest BCUT2D eigenvalue weighted by atomic mass is 10.0. The van der Waals surface area contributed by atoms with Gasteiger partial charge in [0.05, 0.1) is 12.6 Å². The van der Waals surface area contributed by atoms with Gasteiger partial charge in [0.25, 0.3) is 11.8 Å². The first-order valence-corrected chi connectivity index (χ1v) is 13.3. The summed E-state index contributed by atoms with van der Waals surface area (Å²) in [5.41, 5.74) is 2.59. The lowest BCUT2D eigenvalue weighted by Crippen LogP contribution is -2.53. The molecule has 3 aromatic carbocycles. The van der Waals surface area contributed by atoms with Crippen molar-refractivity contribution in [2.45, 2.75) is 31.0 Å². The second-order valence-electron chi connectivity index (χ2n) is 10.4. The summed E-state index contributed by atoms with van der Waals surface area (Å²) in [5, 5.41) is 12.6. The maximum atomic E-state index is 14.0. The molecule has 40 heavy (non-hydrogen) atoms. The van der Waals surface area contributed by atoms with E-state index in [9.17, 15) is 24.3 Å². The molecule has 1 unspecified atom stereocenters. The quantitative estimate of drug-likeness (QED) is 0.477. The molecule has 0 saturated carbocycles. The van der Waals surface area contributed by atoms with Crippen LogP contribution in [0.2, 0.25) is 0 Å². The van der Waals surface area contributed by atoms with Crippen LogP contribution in [0.15, 0.2) is 78.9 Å². The maximum Gasteiger partial charge on any atom is 0.254 e. The number of Topliss-reactive ketones (excluding diaryl/α,β-unsaturated/α-hetero) is 1. The Balaban J connectivity index is 1.37. The average molecular weight is 541 g/mol. The third-order valence-corrected chi connectivity index (χ3v) is 7.61. The number of likely N-dealkylation sites (tertiary alicyclic amines) is 2. The SMILES string of the molecule is CN(C)c1ccc(C(=O)NC(Cc2ccc(O)cc2)C(=O)N2CC[C@@H]3[C@H]2C(=O)CN3C(=O)c2ccccc2)cc1. The summed E-state index contributed by atoms with van der Waals surface area (Å²) in [6, 6.07) is 20.2. The van der Waals surface area contributed by atoms with E-state index >= 15 is 0 Å². The van der Waals surface area contributed by atoms with Crippen molar-refractivity contribution >= 4 is 29.2 Å². The Morgan fingerprint density at radius 1 is 0.925 bits per heavy atom. The van der Waals surface area contributed by atoms with Gasteiger partial charge in [-0.2, -0.15) is 0 Å². The Labute approximate surface area is 233 Å². The number of hydrogen-bond acceptors (Lipinski definition) is 6.